The van der Waals surface area contributed by atoms with E-state index in [-0.39, 0.29) is 5.75 Å². The van der Waals surface area contributed by atoms with Crippen LogP contribution in [0.4, 0.5) is 11.4 Å². The Bertz CT molecular complexity index is 854. The molecule has 5 heteroatoms. The van der Waals surface area contributed by atoms with Gasteiger partial charge in [0.1, 0.15) is 5.75 Å². The molecule has 0 spiro atoms. The molecule has 3 aromatic rings. The largest absolute Gasteiger partial charge is 0.508 e. The highest BCUT2D eigenvalue weighted by atomic mass is 35.5. The van der Waals surface area contributed by atoms with E-state index in [2.05, 4.69) is 16.4 Å². The lowest BCUT2D eigenvalue weighted by Gasteiger charge is -2.11. The number of aromatic hydroxyl groups is 1. The van der Waals surface area contributed by atoms with Crippen LogP contribution in [-0.4, -0.2) is 10.1 Å². The molecule has 102 valence electrons. The van der Waals surface area contributed by atoms with Gasteiger partial charge in [-0.15, -0.1) is 0 Å². The van der Waals surface area contributed by atoms with E-state index in [1.807, 2.05) is 0 Å². The fourth-order valence-electron chi connectivity index (χ4n) is 2.05. The van der Waals surface area contributed by atoms with Gasteiger partial charge in [-0.2, -0.15) is 5.26 Å². The predicted octanol–water partition coefficient (Wildman–Crippen LogP) is 4.21. The van der Waals surface area contributed by atoms with Crippen molar-refractivity contribution in [1.29, 1.82) is 5.26 Å². The first-order chi connectivity index (χ1) is 10.2. The number of nitrogens with one attached hydrogen (secondary N) is 1. The number of fused-ring (bicyclic) bond motifs is 1. The molecule has 1 heterocycles. The van der Waals surface area contributed by atoms with E-state index in [9.17, 15) is 5.11 Å². The van der Waals surface area contributed by atoms with Gasteiger partial charge in [-0.05, 0) is 42.5 Å². The van der Waals surface area contributed by atoms with Gasteiger partial charge in [0.15, 0.2) is 0 Å². The lowest BCUT2D eigenvalue weighted by molar-refractivity contribution is 0.475. The molecular formula is C16H10ClN3O. The minimum atomic E-state index is 0.193. The molecule has 0 bridgehead atoms. The van der Waals surface area contributed by atoms with Crippen molar-refractivity contribution in [2.75, 3.05) is 5.32 Å². The highest BCUT2D eigenvalue weighted by Crippen LogP contribution is 2.33. The van der Waals surface area contributed by atoms with E-state index in [1.165, 1.54) is 0 Å². The van der Waals surface area contributed by atoms with Crippen LogP contribution in [0.25, 0.3) is 10.9 Å². The number of hydrogen-bond donors (Lipinski definition) is 2. The Morgan fingerprint density at radius 1 is 1.14 bits per heavy atom. The molecule has 2 aromatic carbocycles. The summed E-state index contributed by atoms with van der Waals surface area (Å²) in [6.07, 6.45) is 1.57. The van der Waals surface area contributed by atoms with E-state index in [0.29, 0.717) is 16.3 Å². The van der Waals surface area contributed by atoms with Crippen molar-refractivity contribution in [3.63, 3.8) is 0 Å². The summed E-state index contributed by atoms with van der Waals surface area (Å²) in [6, 6.07) is 14.0. The molecular weight excluding hydrogens is 286 g/mol. The van der Waals surface area contributed by atoms with Crippen molar-refractivity contribution >= 4 is 33.9 Å². The number of hydrogen-bond acceptors (Lipinski definition) is 4. The van der Waals surface area contributed by atoms with E-state index < -0.39 is 0 Å². The first kappa shape index (κ1) is 13.2. The molecule has 3 rings (SSSR count). The molecule has 0 radical (unpaired) electrons. The zero-order valence-electron chi connectivity index (χ0n) is 10.8. The van der Waals surface area contributed by atoms with Crippen LogP contribution in [0.3, 0.4) is 0 Å². The van der Waals surface area contributed by atoms with Crippen LogP contribution in [0.15, 0.2) is 48.7 Å². The zero-order chi connectivity index (χ0) is 14.8. The summed E-state index contributed by atoms with van der Waals surface area (Å²) in [5.74, 6) is 0.193. The Morgan fingerprint density at radius 2 is 1.90 bits per heavy atom. The maximum atomic E-state index is 9.32. The number of benzene rings is 2. The number of anilines is 2. The van der Waals surface area contributed by atoms with Crippen molar-refractivity contribution in [2.24, 2.45) is 0 Å². The van der Waals surface area contributed by atoms with Gasteiger partial charge in [-0.1, -0.05) is 11.6 Å². The molecule has 0 amide bonds. The Hall–Kier alpha value is -2.77. The number of rotatable bonds is 2. The minimum absolute atomic E-state index is 0.193. The molecule has 0 saturated heterocycles. The Morgan fingerprint density at radius 3 is 2.62 bits per heavy atom. The van der Waals surface area contributed by atoms with Crippen molar-refractivity contribution in [3.05, 3.63) is 59.2 Å². The monoisotopic (exact) mass is 295 g/mol. The van der Waals surface area contributed by atoms with Gasteiger partial charge < -0.3 is 10.4 Å². The zero-order valence-corrected chi connectivity index (χ0v) is 11.6. The van der Waals surface area contributed by atoms with Gasteiger partial charge in [-0.25, -0.2) is 0 Å². The first-order valence-electron chi connectivity index (χ1n) is 6.22. The molecule has 0 aliphatic carbocycles. The fourth-order valence-corrected chi connectivity index (χ4v) is 2.25. The summed E-state index contributed by atoms with van der Waals surface area (Å²) in [5.41, 5.74) is 2.76. The Labute approximate surface area is 126 Å². The van der Waals surface area contributed by atoms with Crippen LogP contribution in [-0.2, 0) is 0 Å². The Kier molecular flexibility index (Phi) is 3.35. The average Bonchev–Trinajstić information content (AvgIpc) is 2.51. The standard InChI is InChI=1S/C16H10ClN3O/c17-14-9-19-15-6-1-10(8-18)7-13(15)16(14)20-11-2-4-12(21)5-3-11/h1-7,9,21H,(H,19,20). The van der Waals surface area contributed by atoms with Gasteiger partial charge in [0.05, 0.1) is 27.9 Å². The van der Waals surface area contributed by atoms with Crippen molar-refractivity contribution < 1.29 is 5.11 Å². The van der Waals surface area contributed by atoms with Gasteiger partial charge in [0, 0.05) is 17.3 Å². The van der Waals surface area contributed by atoms with E-state index in [0.717, 1.165) is 16.6 Å². The number of pyridine rings is 1. The maximum Gasteiger partial charge on any atom is 0.115 e. The summed E-state index contributed by atoms with van der Waals surface area (Å²) < 4.78 is 0. The van der Waals surface area contributed by atoms with Gasteiger partial charge in [0.25, 0.3) is 0 Å². The fraction of sp³-hybridized carbons (Fsp3) is 0. The minimum Gasteiger partial charge on any atom is -0.508 e. The molecule has 0 aliphatic heterocycles. The summed E-state index contributed by atoms with van der Waals surface area (Å²) in [6.45, 7) is 0. The van der Waals surface area contributed by atoms with Crippen LogP contribution in [0.1, 0.15) is 5.56 Å². The van der Waals surface area contributed by atoms with Crippen LogP contribution in [0.2, 0.25) is 5.02 Å². The first-order valence-corrected chi connectivity index (χ1v) is 6.59. The molecule has 4 nitrogen and oxygen atoms in total. The molecule has 2 N–H and O–H groups in total. The molecule has 21 heavy (non-hydrogen) atoms. The molecule has 0 fully saturated rings. The van der Waals surface area contributed by atoms with E-state index in [1.54, 1.807) is 48.7 Å². The molecule has 0 unspecified atom stereocenters. The van der Waals surface area contributed by atoms with Crippen molar-refractivity contribution in [3.8, 4) is 11.8 Å². The Balaban J connectivity index is 2.14. The third kappa shape index (κ3) is 2.60. The smallest absolute Gasteiger partial charge is 0.115 e. The lowest BCUT2D eigenvalue weighted by Crippen LogP contribution is -1.94. The quantitative estimate of drug-likeness (QED) is 0.695. The molecule has 0 aliphatic rings. The number of nitriles is 1. The van der Waals surface area contributed by atoms with E-state index >= 15 is 0 Å². The number of nitrogens with zero attached hydrogens (tertiary/aromatic N) is 2. The average molecular weight is 296 g/mol. The summed E-state index contributed by atoms with van der Waals surface area (Å²) >= 11 is 6.22. The lowest BCUT2D eigenvalue weighted by atomic mass is 10.1. The van der Waals surface area contributed by atoms with Gasteiger partial charge in [0.2, 0.25) is 0 Å². The van der Waals surface area contributed by atoms with Crippen LogP contribution < -0.4 is 5.32 Å². The normalized spacial score (nSPS) is 10.3. The number of phenols is 1. The summed E-state index contributed by atoms with van der Waals surface area (Å²) in [4.78, 5) is 4.25. The summed E-state index contributed by atoms with van der Waals surface area (Å²) in [5, 5.41) is 22.8. The molecule has 0 saturated carbocycles. The summed E-state index contributed by atoms with van der Waals surface area (Å²) in [7, 11) is 0. The van der Waals surface area contributed by atoms with Crippen LogP contribution in [0.5, 0.6) is 5.75 Å². The van der Waals surface area contributed by atoms with Gasteiger partial charge >= 0.3 is 0 Å². The third-order valence-corrected chi connectivity index (χ3v) is 3.37. The second-order valence-corrected chi connectivity index (χ2v) is 4.90. The number of aromatic nitrogens is 1. The van der Waals surface area contributed by atoms with Crippen LogP contribution in [0, 0.1) is 11.3 Å². The maximum absolute atomic E-state index is 9.32. The second-order valence-electron chi connectivity index (χ2n) is 4.50. The van der Waals surface area contributed by atoms with Crippen LogP contribution >= 0.6 is 11.6 Å². The topological polar surface area (TPSA) is 68.9 Å². The number of halogens is 1. The highest BCUT2D eigenvalue weighted by molar-refractivity contribution is 6.34. The SMILES string of the molecule is N#Cc1ccc2ncc(Cl)c(Nc3ccc(O)cc3)c2c1. The predicted molar refractivity (Wildman–Crippen MR) is 82.9 cm³/mol. The number of phenolic OH excluding ortho intramolecular Hbond substituents is 1. The molecule has 1 aromatic heterocycles. The third-order valence-electron chi connectivity index (χ3n) is 3.09. The molecule has 0 atom stereocenters. The van der Waals surface area contributed by atoms with E-state index in [4.69, 9.17) is 16.9 Å². The van der Waals surface area contributed by atoms with Crippen molar-refractivity contribution in [2.45, 2.75) is 0 Å². The second kappa shape index (κ2) is 5.31. The van der Waals surface area contributed by atoms with Crippen molar-refractivity contribution in [1.82, 2.24) is 4.98 Å². The highest BCUT2D eigenvalue weighted by Gasteiger charge is 2.09. The van der Waals surface area contributed by atoms with Gasteiger partial charge in [-0.3, -0.25) is 4.98 Å².